The molecule has 0 unspecified atom stereocenters. The van der Waals surface area contributed by atoms with Crippen molar-refractivity contribution in [3.05, 3.63) is 224 Å². The van der Waals surface area contributed by atoms with E-state index in [2.05, 4.69) is 197 Å². The van der Waals surface area contributed by atoms with E-state index < -0.39 is 0 Å². The molecule has 0 aliphatic heterocycles. The van der Waals surface area contributed by atoms with Crippen LogP contribution in [0.4, 0.5) is 0 Å². The number of nitrogens with zero attached hydrogens (tertiary/aromatic N) is 5. The molecule has 3 aromatic heterocycles. The van der Waals surface area contributed by atoms with E-state index in [0.717, 1.165) is 61.3 Å². The van der Waals surface area contributed by atoms with Gasteiger partial charge in [-0.3, -0.25) is 0 Å². The van der Waals surface area contributed by atoms with Crippen LogP contribution in [-0.4, -0.2) is 24.1 Å². The molecule has 5 nitrogen and oxygen atoms in total. The summed E-state index contributed by atoms with van der Waals surface area (Å²) in [4.78, 5) is 15.5. The van der Waals surface area contributed by atoms with E-state index in [1.807, 2.05) is 36.4 Å². The van der Waals surface area contributed by atoms with Crippen molar-refractivity contribution in [1.29, 1.82) is 0 Å². The minimum atomic E-state index is 0.612. The maximum Gasteiger partial charge on any atom is 0.164 e. The molecule has 0 N–H and O–H groups in total. The third-order valence-electron chi connectivity index (χ3n) is 11.9. The molecule has 12 rings (SSSR count). The summed E-state index contributed by atoms with van der Waals surface area (Å²) >= 11 is 0. The lowest BCUT2D eigenvalue weighted by Crippen LogP contribution is -2.01. The fraction of sp³-hybridized carbons (Fsp3) is 0. The smallest absolute Gasteiger partial charge is 0.164 e. The van der Waals surface area contributed by atoms with Crippen LogP contribution in [0, 0.1) is 0 Å². The van der Waals surface area contributed by atoms with Crippen LogP contribution in [0.3, 0.4) is 0 Å². The summed E-state index contributed by atoms with van der Waals surface area (Å²) in [6, 6.07) is 79.4. The fourth-order valence-corrected chi connectivity index (χ4v) is 9.10. The van der Waals surface area contributed by atoms with Gasteiger partial charge in [0.25, 0.3) is 0 Å². The Balaban J connectivity index is 1.16. The molecule has 0 amide bonds. The SMILES string of the molecule is c1ccc(-c2ccc3c4cc(-c5cc(-c6nc(-c7ccccc7)nc(-c7ccccc7)n6)cc6c5c5ccccc5n6-c5ccccc5)ccc4n(-c4ccccc4)c3c2)cc1. The van der Waals surface area contributed by atoms with Crippen LogP contribution >= 0.6 is 0 Å². The summed E-state index contributed by atoms with van der Waals surface area (Å²) in [5, 5.41) is 4.73. The maximum absolute atomic E-state index is 5.22. The van der Waals surface area contributed by atoms with Crippen LogP contribution in [0.2, 0.25) is 0 Å². The normalized spacial score (nSPS) is 11.5. The van der Waals surface area contributed by atoms with Gasteiger partial charge >= 0.3 is 0 Å². The Morgan fingerprint density at radius 2 is 0.726 bits per heavy atom. The molecule has 0 atom stereocenters. The van der Waals surface area contributed by atoms with Crippen molar-refractivity contribution in [3.8, 4) is 67.8 Å². The van der Waals surface area contributed by atoms with Crippen molar-refractivity contribution in [3.63, 3.8) is 0 Å². The second kappa shape index (κ2) is 14.7. The van der Waals surface area contributed by atoms with Gasteiger partial charge in [-0.25, -0.2) is 15.0 Å². The average Bonchev–Trinajstić information content (AvgIpc) is 3.87. The molecule has 12 aromatic rings. The van der Waals surface area contributed by atoms with Crippen molar-refractivity contribution >= 4 is 43.6 Å². The van der Waals surface area contributed by atoms with Crippen molar-refractivity contribution in [1.82, 2.24) is 24.1 Å². The lowest BCUT2D eigenvalue weighted by atomic mass is 9.95. The topological polar surface area (TPSA) is 48.5 Å². The average molecular weight is 792 g/mol. The van der Waals surface area contributed by atoms with Gasteiger partial charge < -0.3 is 9.13 Å². The van der Waals surface area contributed by atoms with Gasteiger partial charge in [-0.2, -0.15) is 0 Å². The third kappa shape index (κ3) is 5.98. The first-order valence-electron chi connectivity index (χ1n) is 20.9. The first-order chi connectivity index (χ1) is 30.7. The van der Waals surface area contributed by atoms with Crippen molar-refractivity contribution in [2.45, 2.75) is 0 Å². The molecule has 5 heteroatoms. The highest BCUT2D eigenvalue weighted by molar-refractivity contribution is 6.18. The molecule has 0 saturated carbocycles. The van der Waals surface area contributed by atoms with Crippen molar-refractivity contribution in [2.75, 3.05) is 0 Å². The molecule has 0 spiro atoms. The second-order valence-electron chi connectivity index (χ2n) is 15.6. The minimum absolute atomic E-state index is 0.612. The molecule has 290 valence electrons. The zero-order valence-corrected chi connectivity index (χ0v) is 33.6. The lowest BCUT2D eigenvalue weighted by Gasteiger charge is -2.13. The molecule has 0 aliphatic carbocycles. The highest BCUT2D eigenvalue weighted by atomic mass is 15.0. The zero-order chi connectivity index (χ0) is 41.0. The Kier molecular flexibility index (Phi) is 8.42. The predicted octanol–water partition coefficient (Wildman–Crippen LogP) is 14.4. The van der Waals surface area contributed by atoms with Crippen LogP contribution in [0.25, 0.3) is 111 Å². The summed E-state index contributed by atoms with van der Waals surface area (Å²) in [5.74, 6) is 1.87. The van der Waals surface area contributed by atoms with E-state index in [0.29, 0.717) is 17.5 Å². The van der Waals surface area contributed by atoms with E-state index >= 15 is 0 Å². The number of hydrogen-bond acceptors (Lipinski definition) is 3. The van der Waals surface area contributed by atoms with E-state index in [1.54, 1.807) is 0 Å². The first-order valence-corrected chi connectivity index (χ1v) is 20.9. The highest BCUT2D eigenvalue weighted by Crippen LogP contribution is 2.44. The number of fused-ring (bicyclic) bond motifs is 6. The van der Waals surface area contributed by atoms with Crippen molar-refractivity contribution < 1.29 is 0 Å². The molecule has 9 aromatic carbocycles. The van der Waals surface area contributed by atoms with Gasteiger partial charge in [0.15, 0.2) is 17.5 Å². The summed E-state index contributed by atoms with van der Waals surface area (Å²) in [7, 11) is 0. The Morgan fingerprint density at radius 3 is 1.34 bits per heavy atom. The number of aromatic nitrogens is 5. The summed E-state index contributed by atoms with van der Waals surface area (Å²) in [6.07, 6.45) is 0. The molecule has 0 fully saturated rings. The molecule has 0 bridgehead atoms. The zero-order valence-electron chi connectivity index (χ0n) is 33.6. The van der Waals surface area contributed by atoms with Crippen LogP contribution < -0.4 is 0 Å². The van der Waals surface area contributed by atoms with E-state index in [9.17, 15) is 0 Å². The van der Waals surface area contributed by atoms with E-state index in [-0.39, 0.29) is 0 Å². The van der Waals surface area contributed by atoms with Gasteiger partial charge in [0.05, 0.1) is 22.1 Å². The molecular weight excluding hydrogens is 755 g/mol. The quantitative estimate of drug-likeness (QED) is 0.162. The number of hydrogen-bond donors (Lipinski definition) is 0. The van der Waals surface area contributed by atoms with Gasteiger partial charge in [0.1, 0.15) is 0 Å². The van der Waals surface area contributed by atoms with Crippen LogP contribution in [-0.2, 0) is 0 Å². The monoisotopic (exact) mass is 791 g/mol. The highest BCUT2D eigenvalue weighted by Gasteiger charge is 2.22. The van der Waals surface area contributed by atoms with E-state index in [1.165, 1.54) is 32.7 Å². The van der Waals surface area contributed by atoms with Gasteiger partial charge in [0.2, 0.25) is 0 Å². The Morgan fingerprint density at radius 1 is 0.258 bits per heavy atom. The standard InChI is InChI=1S/C57H37N5/c1-6-18-38(19-7-1)41-30-32-46-49-34-42(31-33-51(49)61(52(46)36-41)44-24-12-4-13-25-44)48-35-43(37-53-54(48)47-28-16-17-29-50(47)62(53)45-26-14-5-15-27-45)57-59-55(39-20-8-2-9-21-39)58-56(60-57)40-22-10-3-11-23-40/h1-37H. The summed E-state index contributed by atoms with van der Waals surface area (Å²) in [5.41, 5.74) is 14.1. The molecule has 0 aliphatic rings. The predicted molar refractivity (Wildman–Crippen MR) is 256 cm³/mol. The van der Waals surface area contributed by atoms with Crippen LogP contribution in [0.1, 0.15) is 0 Å². The molecule has 3 heterocycles. The number of para-hydroxylation sites is 3. The minimum Gasteiger partial charge on any atom is -0.309 e. The fourth-order valence-electron chi connectivity index (χ4n) is 9.10. The Hall–Kier alpha value is -8.41. The van der Waals surface area contributed by atoms with Gasteiger partial charge in [0, 0.05) is 49.6 Å². The molecular formula is C57H37N5. The van der Waals surface area contributed by atoms with Crippen molar-refractivity contribution in [2.24, 2.45) is 0 Å². The molecule has 0 radical (unpaired) electrons. The summed E-state index contributed by atoms with van der Waals surface area (Å²) < 4.78 is 4.77. The number of rotatable bonds is 7. The number of benzene rings is 9. The van der Waals surface area contributed by atoms with Crippen LogP contribution in [0.5, 0.6) is 0 Å². The molecule has 62 heavy (non-hydrogen) atoms. The third-order valence-corrected chi connectivity index (χ3v) is 11.9. The summed E-state index contributed by atoms with van der Waals surface area (Å²) in [6.45, 7) is 0. The lowest BCUT2D eigenvalue weighted by molar-refractivity contribution is 1.07. The first kappa shape index (κ1) is 35.5. The van der Waals surface area contributed by atoms with Crippen LogP contribution in [0.15, 0.2) is 224 Å². The van der Waals surface area contributed by atoms with Gasteiger partial charge in [-0.05, 0) is 82.9 Å². The van der Waals surface area contributed by atoms with Gasteiger partial charge in [-0.15, -0.1) is 0 Å². The Bertz CT molecular complexity index is 3540. The maximum atomic E-state index is 5.22. The second-order valence-corrected chi connectivity index (χ2v) is 15.6. The van der Waals surface area contributed by atoms with Gasteiger partial charge in [-0.1, -0.05) is 164 Å². The van der Waals surface area contributed by atoms with E-state index in [4.69, 9.17) is 15.0 Å². The largest absolute Gasteiger partial charge is 0.309 e. The molecule has 0 saturated heterocycles. The Labute approximate surface area is 358 Å².